The zero-order valence-corrected chi connectivity index (χ0v) is 20.2. The Hall–Kier alpha value is -3.62. The number of nitriles is 1. The first-order chi connectivity index (χ1) is 17.4. The van der Waals surface area contributed by atoms with Gasteiger partial charge in [-0.2, -0.15) is 18.4 Å². The van der Waals surface area contributed by atoms with Crippen molar-refractivity contribution in [1.82, 2.24) is 4.90 Å². The van der Waals surface area contributed by atoms with Crippen LogP contribution in [0.2, 0.25) is 0 Å². The molecule has 4 atom stereocenters. The van der Waals surface area contributed by atoms with Gasteiger partial charge in [0.2, 0.25) is 11.8 Å². The molecule has 2 aromatic carbocycles. The number of amides is 2. The Morgan fingerprint density at radius 1 is 1.08 bits per heavy atom. The predicted octanol–water partition coefficient (Wildman–Crippen LogP) is 3.21. The quantitative estimate of drug-likeness (QED) is 0.482. The second kappa shape index (κ2) is 8.46. The van der Waals surface area contributed by atoms with Crippen LogP contribution in [0, 0.1) is 23.2 Å². The number of hydrogen-bond donors (Lipinski definition) is 1. The molecule has 3 aliphatic heterocycles. The summed E-state index contributed by atoms with van der Waals surface area (Å²) < 4.78 is 52.7. The van der Waals surface area contributed by atoms with Gasteiger partial charge in [-0.1, -0.05) is 0 Å². The highest BCUT2D eigenvalue weighted by atomic mass is 19.4. The molecule has 3 saturated heterocycles. The number of ether oxygens (including phenoxy) is 2. The average molecular weight is 515 g/mol. The smallest absolute Gasteiger partial charge is 0.417 e. The number of anilines is 2. The lowest BCUT2D eigenvalue weighted by atomic mass is 9.79. The first kappa shape index (κ1) is 25.0. The minimum Gasteiger partial charge on any atom is -0.492 e. The number of carbonyl (C=O) groups is 2. The van der Waals surface area contributed by atoms with Crippen LogP contribution in [0.1, 0.15) is 25.0 Å². The average Bonchev–Trinajstić information content (AvgIpc) is 3.19. The van der Waals surface area contributed by atoms with Gasteiger partial charge in [0.1, 0.15) is 12.4 Å². The third kappa shape index (κ3) is 4.10. The van der Waals surface area contributed by atoms with Gasteiger partial charge in [0, 0.05) is 25.3 Å². The normalized spacial score (nSPS) is 29.4. The summed E-state index contributed by atoms with van der Waals surface area (Å²) in [5.41, 5.74) is 2.33. The summed E-state index contributed by atoms with van der Waals surface area (Å²) in [7, 11) is 0. The van der Waals surface area contributed by atoms with E-state index in [1.54, 1.807) is 38.1 Å². The highest BCUT2D eigenvalue weighted by molar-refractivity contribution is 6.23. The maximum atomic E-state index is 13.6. The Kier molecular flexibility index (Phi) is 5.73. The fraction of sp³-hybridized carbons (Fsp3) is 0.423. The minimum atomic E-state index is -4.81. The van der Waals surface area contributed by atoms with Gasteiger partial charge in [-0.25, -0.2) is 4.90 Å². The van der Waals surface area contributed by atoms with Crippen molar-refractivity contribution in [3.8, 4) is 11.8 Å². The lowest BCUT2D eigenvalue weighted by molar-refractivity contribution is -0.169. The highest BCUT2D eigenvalue weighted by Crippen LogP contribution is 2.55. The molecule has 0 aromatic heterocycles. The first-order valence-electron chi connectivity index (χ1n) is 11.8. The summed E-state index contributed by atoms with van der Waals surface area (Å²) in [6.45, 7) is 5.11. The fourth-order valence-electron chi connectivity index (χ4n) is 6.04. The van der Waals surface area contributed by atoms with Gasteiger partial charge in [0.15, 0.2) is 0 Å². The standard InChI is InChI=1S/C26H25F3N4O4/c1-24-13-32(9-10-36-18-7-4-16(31)5-8-18)14-25(2,37-24)21-20(24)22(34)33(23(21)35)17-6-3-15(12-30)19(11-17)26(27,28)29/h3-8,11,20-21H,9-10,13-14,31H2,1-2H3/t20?,21?,24-,25+. The Bertz CT molecular complexity index is 1270. The SMILES string of the molecule is C[C@]12CN(CCOc3ccc(N)cc3)C[C@](C)(O1)C1C(=O)N(c3ccc(C#N)c(C(F)(F)F)c3)C(=O)C12. The van der Waals surface area contributed by atoms with Gasteiger partial charge in [-0.3, -0.25) is 14.5 Å². The Balaban J connectivity index is 1.37. The maximum absolute atomic E-state index is 13.6. The monoisotopic (exact) mass is 514 g/mol. The second-order valence-corrected chi connectivity index (χ2v) is 10.2. The summed E-state index contributed by atoms with van der Waals surface area (Å²) in [5.74, 6) is -2.23. The number of nitrogens with two attached hydrogens (primary N) is 1. The number of imide groups is 1. The van der Waals surface area contributed by atoms with Crippen LogP contribution in [0.4, 0.5) is 24.5 Å². The zero-order chi connectivity index (χ0) is 26.8. The second-order valence-electron chi connectivity index (χ2n) is 10.2. The van der Waals surface area contributed by atoms with E-state index in [-0.39, 0.29) is 5.69 Å². The maximum Gasteiger partial charge on any atom is 0.417 e. The van der Waals surface area contributed by atoms with Crippen molar-refractivity contribution in [1.29, 1.82) is 5.26 Å². The third-order valence-corrected chi connectivity index (χ3v) is 7.41. The molecule has 5 rings (SSSR count). The van der Waals surface area contributed by atoms with E-state index in [2.05, 4.69) is 4.90 Å². The van der Waals surface area contributed by atoms with E-state index in [0.29, 0.717) is 43.7 Å². The van der Waals surface area contributed by atoms with Crippen molar-refractivity contribution in [3.05, 3.63) is 53.6 Å². The number of morpholine rings is 1. The van der Waals surface area contributed by atoms with E-state index >= 15 is 0 Å². The number of alkyl halides is 3. The summed E-state index contributed by atoms with van der Waals surface area (Å²) in [6, 6.07) is 11.4. The van der Waals surface area contributed by atoms with Crippen LogP contribution in [0.25, 0.3) is 0 Å². The van der Waals surface area contributed by atoms with E-state index in [4.69, 9.17) is 20.5 Å². The van der Waals surface area contributed by atoms with Crippen molar-refractivity contribution in [2.75, 3.05) is 36.9 Å². The molecule has 2 aromatic rings. The molecular weight excluding hydrogens is 489 g/mol. The molecule has 0 saturated carbocycles. The zero-order valence-electron chi connectivity index (χ0n) is 20.2. The van der Waals surface area contributed by atoms with Gasteiger partial charge in [-0.05, 0) is 56.3 Å². The molecule has 0 aliphatic carbocycles. The van der Waals surface area contributed by atoms with Crippen molar-refractivity contribution in [3.63, 3.8) is 0 Å². The molecule has 11 heteroatoms. The van der Waals surface area contributed by atoms with Crippen LogP contribution < -0.4 is 15.4 Å². The third-order valence-electron chi connectivity index (χ3n) is 7.41. The number of hydrogen-bond acceptors (Lipinski definition) is 7. The van der Waals surface area contributed by atoms with Crippen molar-refractivity contribution in [2.24, 2.45) is 11.8 Å². The highest BCUT2D eigenvalue weighted by Gasteiger charge is 2.71. The number of halogens is 3. The van der Waals surface area contributed by atoms with Crippen LogP contribution in [-0.4, -0.2) is 54.2 Å². The number of rotatable bonds is 5. The van der Waals surface area contributed by atoms with Gasteiger partial charge in [-0.15, -0.1) is 0 Å². The Morgan fingerprint density at radius 2 is 1.68 bits per heavy atom. The summed E-state index contributed by atoms with van der Waals surface area (Å²) in [6.07, 6.45) is -4.81. The van der Waals surface area contributed by atoms with Crippen molar-refractivity contribution in [2.45, 2.75) is 31.2 Å². The molecule has 3 aliphatic rings. The number of likely N-dealkylation sites (tertiary alicyclic amines) is 1. The van der Waals surface area contributed by atoms with Gasteiger partial charge in [0.25, 0.3) is 0 Å². The number of nitrogens with zero attached hydrogens (tertiary/aromatic N) is 3. The fourth-order valence-corrected chi connectivity index (χ4v) is 6.04. The molecule has 2 N–H and O–H groups in total. The predicted molar refractivity (Wildman–Crippen MR) is 126 cm³/mol. The number of carbonyl (C=O) groups excluding carboxylic acids is 2. The van der Waals surface area contributed by atoms with E-state index in [9.17, 15) is 22.8 Å². The topological polar surface area (TPSA) is 109 Å². The molecular formula is C26H25F3N4O4. The molecule has 194 valence electrons. The first-order valence-corrected chi connectivity index (χ1v) is 11.8. The Labute approximate surface area is 211 Å². The van der Waals surface area contributed by atoms with E-state index in [1.165, 1.54) is 12.1 Å². The number of benzene rings is 2. The lowest BCUT2D eigenvalue weighted by Gasteiger charge is -2.45. The van der Waals surface area contributed by atoms with Gasteiger partial charge < -0.3 is 15.2 Å². The molecule has 3 fully saturated rings. The van der Waals surface area contributed by atoms with Crippen LogP contribution in [0.15, 0.2) is 42.5 Å². The minimum absolute atomic E-state index is 0.199. The van der Waals surface area contributed by atoms with E-state index < -0.39 is 52.2 Å². The molecule has 2 bridgehead atoms. The number of nitrogen functional groups attached to an aromatic ring is 1. The van der Waals surface area contributed by atoms with E-state index in [0.717, 1.165) is 11.0 Å². The summed E-state index contributed by atoms with van der Waals surface area (Å²) in [4.78, 5) is 30.0. The van der Waals surface area contributed by atoms with Gasteiger partial charge >= 0.3 is 6.18 Å². The van der Waals surface area contributed by atoms with Crippen LogP contribution in [0.5, 0.6) is 5.75 Å². The number of fused-ring (bicyclic) bond motifs is 5. The molecule has 8 nitrogen and oxygen atoms in total. The van der Waals surface area contributed by atoms with Crippen LogP contribution in [0.3, 0.4) is 0 Å². The molecule has 0 spiro atoms. The largest absolute Gasteiger partial charge is 0.492 e. The van der Waals surface area contributed by atoms with Gasteiger partial charge in [0.05, 0.1) is 45.9 Å². The molecule has 37 heavy (non-hydrogen) atoms. The molecule has 2 amide bonds. The lowest BCUT2D eigenvalue weighted by Crippen LogP contribution is -2.58. The molecule has 3 heterocycles. The van der Waals surface area contributed by atoms with E-state index in [1.807, 2.05) is 0 Å². The summed E-state index contributed by atoms with van der Waals surface area (Å²) >= 11 is 0. The van der Waals surface area contributed by atoms with Crippen molar-refractivity contribution >= 4 is 23.2 Å². The van der Waals surface area contributed by atoms with Crippen LogP contribution >= 0.6 is 0 Å². The Morgan fingerprint density at radius 3 is 2.22 bits per heavy atom. The molecule has 0 radical (unpaired) electrons. The molecule has 2 unspecified atom stereocenters. The van der Waals surface area contributed by atoms with Crippen LogP contribution in [-0.2, 0) is 20.5 Å². The summed E-state index contributed by atoms with van der Waals surface area (Å²) in [5, 5.41) is 9.08. The van der Waals surface area contributed by atoms with Crippen molar-refractivity contribution < 1.29 is 32.2 Å².